The smallest absolute Gasteiger partial charge is 0.138 e. The zero-order valence-electron chi connectivity index (χ0n) is 8.11. The zero-order chi connectivity index (χ0) is 10.1. The van der Waals surface area contributed by atoms with Crippen molar-refractivity contribution >= 4 is 17.2 Å². The molecule has 0 atom stereocenters. The van der Waals surface area contributed by atoms with Gasteiger partial charge in [-0.05, 0) is 26.0 Å². The molecule has 0 spiro atoms. The minimum Gasteiger partial charge on any atom is -0.383 e. The number of rotatable bonds is 1. The summed E-state index contributed by atoms with van der Waals surface area (Å²) in [5, 5.41) is 0.938. The molecule has 14 heavy (non-hydrogen) atoms. The molecule has 4 heteroatoms. The summed E-state index contributed by atoms with van der Waals surface area (Å²) >= 11 is 1.60. The minimum absolute atomic E-state index is 0.616. The molecule has 0 aliphatic rings. The van der Waals surface area contributed by atoms with Gasteiger partial charge in [-0.1, -0.05) is 0 Å². The molecule has 3 nitrogen and oxygen atoms in total. The summed E-state index contributed by atoms with van der Waals surface area (Å²) in [6, 6.07) is 3.99. The van der Waals surface area contributed by atoms with Crippen molar-refractivity contribution in [3.63, 3.8) is 0 Å². The van der Waals surface area contributed by atoms with E-state index in [0.29, 0.717) is 5.82 Å². The van der Waals surface area contributed by atoms with E-state index < -0.39 is 0 Å². The summed E-state index contributed by atoms with van der Waals surface area (Å²) in [5.41, 5.74) is 7.72. The number of thiazole rings is 1. The number of nitrogens with two attached hydrogens (primary N) is 1. The van der Waals surface area contributed by atoms with E-state index in [9.17, 15) is 0 Å². The Morgan fingerprint density at radius 3 is 2.57 bits per heavy atom. The molecule has 0 saturated heterocycles. The summed E-state index contributed by atoms with van der Waals surface area (Å²) in [4.78, 5) is 9.54. The second kappa shape index (κ2) is 3.38. The molecule has 0 bridgehead atoms. The highest BCUT2D eigenvalue weighted by atomic mass is 32.1. The predicted octanol–water partition coefficient (Wildman–Crippen LogP) is 2.40. The fourth-order valence-corrected chi connectivity index (χ4v) is 1.95. The molecule has 0 saturated carbocycles. The van der Waals surface area contributed by atoms with Crippen LogP contribution in [0.5, 0.6) is 0 Å². The van der Waals surface area contributed by atoms with E-state index in [1.807, 2.05) is 32.2 Å². The Labute approximate surface area is 86.6 Å². The normalized spacial score (nSPS) is 10.4. The average molecular weight is 205 g/mol. The van der Waals surface area contributed by atoms with Crippen LogP contribution in [0.2, 0.25) is 0 Å². The molecule has 2 rings (SSSR count). The van der Waals surface area contributed by atoms with Crippen molar-refractivity contribution in [2.24, 2.45) is 0 Å². The first-order valence-corrected chi connectivity index (χ1v) is 5.14. The van der Waals surface area contributed by atoms with E-state index in [4.69, 9.17) is 5.73 Å². The van der Waals surface area contributed by atoms with E-state index in [0.717, 1.165) is 21.1 Å². The first kappa shape index (κ1) is 9.15. The van der Waals surface area contributed by atoms with E-state index >= 15 is 0 Å². The molecular formula is C10H11N3S. The lowest BCUT2D eigenvalue weighted by molar-refractivity contribution is 1.20. The van der Waals surface area contributed by atoms with Crippen LogP contribution in [0.1, 0.15) is 10.6 Å². The fourth-order valence-electron chi connectivity index (χ4n) is 1.13. The standard InChI is InChI=1S/C10H11N3S/c1-6-3-4-8(5-12-6)10-13-9(11)7(2)14-10/h3-5H,11H2,1-2H3. The van der Waals surface area contributed by atoms with Crippen molar-refractivity contribution < 1.29 is 0 Å². The van der Waals surface area contributed by atoms with Gasteiger partial charge in [-0.3, -0.25) is 4.98 Å². The number of hydrogen-bond acceptors (Lipinski definition) is 4. The van der Waals surface area contributed by atoms with Crippen molar-refractivity contribution in [2.75, 3.05) is 5.73 Å². The molecule has 72 valence electrons. The summed E-state index contributed by atoms with van der Waals surface area (Å²) in [6.07, 6.45) is 1.83. The van der Waals surface area contributed by atoms with E-state index in [2.05, 4.69) is 9.97 Å². The quantitative estimate of drug-likeness (QED) is 0.777. The number of anilines is 1. The molecule has 2 heterocycles. The van der Waals surface area contributed by atoms with Gasteiger partial charge in [-0.2, -0.15) is 0 Å². The molecule has 0 unspecified atom stereocenters. The molecule has 0 aromatic carbocycles. The van der Waals surface area contributed by atoms with E-state index in [1.165, 1.54) is 0 Å². The highest BCUT2D eigenvalue weighted by molar-refractivity contribution is 7.15. The molecule has 2 N–H and O–H groups in total. The topological polar surface area (TPSA) is 51.8 Å². The highest BCUT2D eigenvalue weighted by Crippen LogP contribution is 2.28. The van der Waals surface area contributed by atoms with Crippen LogP contribution in [-0.2, 0) is 0 Å². The fraction of sp³-hybridized carbons (Fsp3) is 0.200. The number of aromatic nitrogens is 2. The monoisotopic (exact) mass is 205 g/mol. The molecule has 0 radical (unpaired) electrons. The third kappa shape index (κ3) is 1.61. The summed E-state index contributed by atoms with van der Waals surface area (Å²) in [7, 11) is 0. The third-order valence-electron chi connectivity index (χ3n) is 1.99. The second-order valence-corrected chi connectivity index (χ2v) is 4.35. The van der Waals surface area contributed by atoms with Crippen LogP contribution in [0.25, 0.3) is 10.6 Å². The molecular weight excluding hydrogens is 194 g/mol. The number of aryl methyl sites for hydroxylation is 2. The van der Waals surface area contributed by atoms with Crippen molar-refractivity contribution in [1.29, 1.82) is 0 Å². The maximum Gasteiger partial charge on any atom is 0.138 e. The van der Waals surface area contributed by atoms with Gasteiger partial charge in [0.2, 0.25) is 0 Å². The lowest BCUT2D eigenvalue weighted by atomic mass is 10.3. The number of nitrogen functional groups attached to an aromatic ring is 1. The Morgan fingerprint density at radius 2 is 2.07 bits per heavy atom. The predicted molar refractivity (Wildman–Crippen MR) is 59.2 cm³/mol. The van der Waals surface area contributed by atoms with Gasteiger partial charge < -0.3 is 5.73 Å². The lowest BCUT2D eigenvalue weighted by Crippen LogP contribution is -1.86. The summed E-state index contributed by atoms with van der Waals surface area (Å²) in [5.74, 6) is 0.616. The molecule has 0 amide bonds. The van der Waals surface area contributed by atoms with Crippen molar-refractivity contribution in [3.05, 3.63) is 28.9 Å². The third-order valence-corrected chi connectivity index (χ3v) is 3.03. The number of nitrogens with zero attached hydrogens (tertiary/aromatic N) is 2. The van der Waals surface area contributed by atoms with Crippen LogP contribution < -0.4 is 5.73 Å². The average Bonchev–Trinajstić information content (AvgIpc) is 2.48. The molecule has 2 aromatic heterocycles. The maximum atomic E-state index is 5.69. The molecule has 0 fully saturated rings. The zero-order valence-corrected chi connectivity index (χ0v) is 8.93. The van der Waals surface area contributed by atoms with Gasteiger partial charge in [0.15, 0.2) is 0 Å². The van der Waals surface area contributed by atoms with Gasteiger partial charge in [0, 0.05) is 22.3 Å². The van der Waals surface area contributed by atoms with Crippen LogP contribution in [0, 0.1) is 13.8 Å². The highest BCUT2D eigenvalue weighted by Gasteiger charge is 2.06. The first-order chi connectivity index (χ1) is 6.66. The Balaban J connectivity index is 2.44. The number of pyridine rings is 1. The summed E-state index contributed by atoms with van der Waals surface area (Å²) < 4.78 is 0. The SMILES string of the molecule is Cc1ccc(-c2nc(N)c(C)s2)cn1. The van der Waals surface area contributed by atoms with Gasteiger partial charge in [-0.25, -0.2) is 4.98 Å². The largest absolute Gasteiger partial charge is 0.383 e. The Hall–Kier alpha value is -1.42. The number of hydrogen-bond donors (Lipinski definition) is 1. The summed E-state index contributed by atoms with van der Waals surface area (Å²) in [6.45, 7) is 3.93. The van der Waals surface area contributed by atoms with Crippen LogP contribution in [0.3, 0.4) is 0 Å². The van der Waals surface area contributed by atoms with Crippen molar-refractivity contribution in [2.45, 2.75) is 13.8 Å². The van der Waals surface area contributed by atoms with Crippen LogP contribution in [0.4, 0.5) is 5.82 Å². The maximum absolute atomic E-state index is 5.69. The van der Waals surface area contributed by atoms with Crippen LogP contribution in [-0.4, -0.2) is 9.97 Å². The Kier molecular flexibility index (Phi) is 2.21. The lowest BCUT2D eigenvalue weighted by Gasteiger charge is -1.95. The van der Waals surface area contributed by atoms with Gasteiger partial charge in [0.25, 0.3) is 0 Å². The second-order valence-electron chi connectivity index (χ2n) is 3.15. The van der Waals surface area contributed by atoms with Gasteiger partial charge in [0.1, 0.15) is 10.8 Å². The molecule has 0 aliphatic carbocycles. The van der Waals surface area contributed by atoms with Crippen LogP contribution >= 0.6 is 11.3 Å². The van der Waals surface area contributed by atoms with E-state index in [-0.39, 0.29) is 0 Å². The van der Waals surface area contributed by atoms with Gasteiger partial charge in [-0.15, -0.1) is 11.3 Å². The first-order valence-electron chi connectivity index (χ1n) is 4.33. The molecule has 2 aromatic rings. The Morgan fingerprint density at radius 1 is 1.29 bits per heavy atom. The van der Waals surface area contributed by atoms with Gasteiger partial charge in [0.05, 0.1) is 0 Å². The van der Waals surface area contributed by atoms with Gasteiger partial charge >= 0.3 is 0 Å². The van der Waals surface area contributed by atoms with Crippen molar-refractivity contribution in [1.82, 2.24) is 9.97 Å². The van der Waals surface area contributed by atoms with Crippen molar-refractivity contribution in [3.8, 4) is 10.6 Å². The Bertz CT molecular complexity index is 425. The van der Waals surface area contributed by atoms with E-state index in [1.54, 1.807) is 11.3 Å². The minimum atomic E-state index is 0.616. The molecule has 0 aliphatic heterocycles. The van der Waals surface area contributed by atoms with Crippen LogP contribution in [0.15, 0.2) is 18.3 Å².